The number of hydrogen-bond donors (Lipinski definition) is 0. The van der Waals surface area contributed by atoms with Gasteiger partial charge in [0.1, 0.15) is 36.2 Å². The van der Waals surface area contributed by atoms with Crippen molar-refractivity contribution in [1.29, 1.82) is 0 Å². The Hall–Kier alpha value is -4.62. The Morgan fingerprint density at radius 3 is 1.21 bits per heavy atom. The lowest BCUT2D eigenvalue weighted by Gasteiger charge is -2.09. The first-order chi connectivity index (χ1) is 19.1. The highest BCUT2D eigenvalue weighted by Crippen LogP contribution is 2.20. The molecule has 0 N–H and O–H groups in total. The highest BCUT2D eigenvalue weighted by atomic mass is 16.5. The van der Waals surface area contributed by atoms with Crippen LogP contribution >= 0.6 is 0 Å². The van der Waals surface area contributed by atoms with Crippen LogP contribution in [0.25, 0.3) is 0 Å². The SMILES string of the molecule is O=C(CCOCCC(=O)Oc1ccc(OCc2ccccc2)cc1)Oc1ccc(OCc2ccccc2)cc1. The highest BCUT2D eigenvalue weighted by molar-refractivity contribution is 5.73. The van der Waals surface area contributed by atoms with Gasteiger partial charge in [-0.15, -0.1) is 0 Å². The van der Waals surface area contributed by atoms with Gasteiger partial charge in [0, 0.05) is 0 Å². The lowest BCUT2D eigenvalue weighted by molar-refractivity contribution is -0.136. The molecule has 39 heavy (non-hydrogen) atoms. The molecule has 0 saturated carbocycles. The van der Waals surface area contributed by atoms with E-state index in [1.807, 2.05) is 60.7 Å². The number of rotatable bonds is 14. The number of hydrogen-bond acceptors (Lipinski definition) is 7. The highest BCUT2D eigenvalue weighted by Gasteiger charge is 2.08. The molecular weight excluding hydrogens is 496 g/mol. The molecule has 7 nitrogen and oxygen atoms in total. The predicted molar refractivity (Wildman–Crippen MR) is 146 cm³/mol. The minimum absolute atomic E-state index is 0.0613. The summed E-state index contributed by atoms with van der Waals surface area (Å²) < 4.78 is 27.5. The molecule has 0 aliphatic heterocycles. The lowest BCUT2D eigenvalue weighted by atomic mass is 10.2. The maximum Gasteiger partial charge on any atom is 0.313 e. The molecule has 4 rings (SSSR count). The molecule has 7 heteroatoms. The molecule has 0 unspecified atom stereocenters. The molecule has 0 fully saturated rings. The zero-order valence-electron chi connectivity index (χ0n) is 21.5. The van der Waals surface area contributed by atoms with Crippen molar-refractivity contribution >= 4 is 11.9 Å². The molecule has 0 bridgehead atoms. The Balaban J connectivity index is 1.06. The molecule has 0 radical (unpaired) electrons. The van der Waals surface area contributed by atoms with Gasteiger partial charge in [0.25, 0.3) is 0 Å². The maximum absolute atomic E-state index is 12.1. The Morgan fingerprint density at radius 2 is 0.821 bits per heavy atom. The second kappa shape index (κ2) is 15.0. The third-order valence-electron chi connectivity index (χ3n) is 5.51. The van der Waals surface area contributed by atoms with Crippen molar-refractivity contribution in [3.63, 3.8) is 0 Å². The Labute approximate surface area is 227 Å². The van der Waals surface area contributed by atoms with E-state index in [0.29, 0.717) is 36.2 Å². The van der Waals surface area contributed by atoms with Crippen LogP contribution in [0.4, 0.5) is 0 Å². The van der Waals surface area contributed by atoms with Crippen LogP contribution in [0.2, 0.25) is 0 Å². The van der Waals surface area contributed by atoms with Gasteiger partial charge < -0.3 is 23.7 Å². The third-order valence-corrected chi connectivity index (χ3v) is 5.51. The fourth-order valence-corrected chi connectivity index (χ4v) is 3.47. The van der Waals surface area contributed by atoms with Gasteiger partial charge in [0.05, 0.1) is 26.1 Å². The van der Waals surface area contributed by atoms with Crippen LogP contribution in [0.5, 0.6) is 23.0 Å². The molecule has 0 aliphatic rings. The molecule has 0 aromatic heterocycles. The van der Waals surface area contributed by atoms with E-state index in [-0.39, 0.29) is 26.1 Å². The van der Waals surface area contributed by atoms with Crippen molar-refractivity contribution in [1.82, 2.24) is 0 Å². The zero-order chi connectivity index (χ0) is 27.1. The second-order valence-corrected chi connectivity index (χ2v) is 8.55. The molecule has 4 aromatic carbocycles. The normalized spacial score (nSPS) is 10.5. The van der Waals surface area contributed by atoms with Crippen molar-refractivity contribution in [2.45, 2.75) is 26.1 Å². The minimum atomic E-state index is -0.426. The summed E-state index contributed by atoms with van der Waals surface area (Å²) in [6.07, 6.45) is 0.123. The number of benzene rings is 4. The first-order valence-electron chi connectivity index (χ1n) is 12.7. The van der Waals surface area contributed by atoms with Gasteiger partial charge in [-0.25, -0.2) is 0 Å². The summed E-state index contributed by atoms with van der Waals surface area (Å²) in [5.41, 5.74) is 2.14. The average Bonchev–Trinajstić information content (AvgIpc) is 2.97. The third kappa shape index (κ3) is 9.98. The van der Waals surface area contributed by atoms with E-state index in [9.17, 15) is 9.59 Å². The number of carbonyl (C=O) groups excluding carboxylic acids is 2. The Morgan fingerprint density at radius 1 is 0.462 bits per heavy atom. The van der Waals surface area contributed by atoms with Crippen molar-refractivity contribution in [2.24, 2.45) is 0 Å². The predicted octanol–water partition coefficient (Wildman–Crippen LogP) is 6.15. The fraction of sp³-hybridized carbons (Fsp3) is 0.188. The van der Waals surface area contributed by atoms with Crippen molar-refractivity contribution in [2.75, 3.05) is 13.2 Å². The zero-order valence-corrected chi connectivity index (χ0v) is 21.5. The van der Waals surface area contributed by atoms with Crippen LogP contribution in [-0.2, 0) is 27.5 Å². The van der Waals surface area contributed by atoms with E-state index in [1.165, 1.54) is 0 Å². The molecule has 0 atom stereocenters. The van der Waals surface area contributed by atoms with E-state index in [4.69, 9.17) is 23.7 Å². The first-order valence-corrected chi connectivity index (χ1v) is 12.7. The maximum atomic E-state index is 12.1. The monoisotopic (exact) mass is 526 g/mol. The molecule has 0 amide bonds. The van der Waals surface area contributed by atoms with E-state index in [2.05, 4.69) is 0 Å². The minimum Gasteiger partial charge on any atom is -0.489 e. The molecule has 0 heterocycles. The average molecular weight is 527 g/mol. The first kappa shape index (κ1) is 27.4. The van der Waals surface area contributed by atoms with Crippen molar-refractivity contribution in [3.05, 3.63) is 120 Å². The van der Waals surface area contributed by atoms with Gasteiger partial charge in [-0.05, 0) is 59.7 Å². The van der Waals surface area contributed by atoms with Gasteiger partial charge >= 0.3 is 11.9 Å². The van der Waals surface area contributed by atoms with E-state index < -0.39 is 11.9 Å². The molecule has 0 aliphatic carbocycles. The Bertz CT molecular complexity index is 1190. The Kier molecular flexibility index (Phi) is 10.5. The molecule has 200 valence electrons. The summed E-state index contributed by atoms with van der Waals surface area (Å²) in [6.45, 7) is 1.19. The van der Waals surface area contributed by atoms with E-state index >= 15 is 0 Å². The van der Waals surface area contributed by atoms with Crippen LogP contribution < -0.4 is 18.9 Å². The van der Waals surface area contributed by atoms with Crippen LogP contribution in [-0.4, -0.2) is 25.2 Å². The van der Waals surface area contributed by atoms with Gasteiger partial charge in [0.2, 0.25) is 0 Å². The molecule has 0 spiro atoms. The lowest BCUT2D eigenvalue weighted by Crippen LogP contribution is -2.14. The molecule has 0 saturated heterocycles. The largest absolute Gasteiger partial charge is 0.489 e. The van der Waals surface area contributed by atoms with Gasteiger partial charge in [-0.2, -0.15) is 0 Å². The van der Waals surface area contributed by atoms with E-state index in [1.54, 1.807) is 48.5 Å². The number of esters is 2. The summed E-state index contributed by atoms with van der Waals surface area (Å²) in [5, 5.41) is 0. The standard InChI is InChI=1S/C32H30O7/c33-31(38-29-15-11-27(12-16-29)36-23-25-7-3-1-4-8-25)19-21-35-22-20-32(34)39-30-17-13-28(14-18-30)37-24-26-9-5-2-6-10-26/h1-18H,19-24H2. The van der Waals surface area contributed by atoms with Crippen LogP contribution in [0, 0.1) is 0 Å². The molecule has 4 aromatic rings. The van der Waals surface area contributed by atoms with Gasteiger partial charge in [-0.3, -0.25) is 9.59 Å². The van der Waals surface area contributed by atoms with Crippen LogP contribution in [0.1, 0.15) is 24.0 Å². The van der Waals surface area contributed by atoms with Crippen molar-refractivity contribution in [3.8, 4) is 23.0 Å². The number of carbonyl (C=O) groups is 2. The van der Waals surface area contributed by atoms with E-state index in [0.717, 1.165) is 11.1 Å². The summed E-state index contributed by atoms with van der Waals surface area (Å²) in [6, 6.07) is 33.4. The smallest absolute Gasteiger partial charge is 0.313 e. The summed E-state index contributed by atoms with van der Waals surface area (Å²) in [4.78, 5) is 24.1. The molecular formula is C32H30O7. The van der Waals surface area contributed by atoms with Crippen LogP contribution in [0.15, 0.2) is 109 Å². The fourth-order valence-electron chi connectivity index (χ4n) is 3.47. The topological polar surface area (TPSA) is 80.3 Å². The van der Waals surface area contributed by atoms with Crippen molar-refractivity contribution < 1.29 is 33.3 Å². The summed E-state index contributed by atoms with van der Waals surface area (Å²) >= 11 is 0. The quantitative estimate of drug-likeness (QED) is 0.111. The summed E-state index contributed by atoms with van der Waals surface area (Å²) in [7, 11) is 0. The summed E-state index contributed by atoms with van der Waals surface area (Å²) in [5.74, 6) is 1.36. The number of ether oxygens (including phenoxy) is 5. The second-order valence-electron chi connectivity index (χ2n) is 8.55. The van der Waals surface area contributed by atoms with Crippen LogP contribution in [0.3, 0.4) is 0 Å². The van der Waals surface area contributed by atoms with Gasteiger partial charge in [0.15, 0.2) is 0 Å². The van der Waals surface area contributed by atoms with Gasteiger partial charge in [-0.1, -0.05) is 60.7 Å².